The first kappa shape index (κ1) is 13.6. The molecule has 2 rings (SSSR count). The summed E-state index contributed by atoms with van der Waals surface area (Å²) in [5.74, 6) is 2.05. The molecule has 100 valence electrons. The first-order valence-electron chi connectivity index (χ1n) is 6.41. The standard InChI is InChI=1S/C13H21BrN4/c1-13(2,3)9-4-6-18(7-5-9)11-10(14)8-16-12(15)17-11/h8-9H,4-7H2,1-3H3,(H2,15,16,17). The molecule has 1 aliphatic rings. The monoisotopic (exact) mass is 312 g/mol. The maximum absolute atomic E-state index is 5.66. The van der Waals surface area contributed by atoms with Crippen LogP contribution in [0.15, 0.2) is 10.7 Å². The second-order valence-electron chi connectivity index (χ2n) is 6.03. The van der Waals surface area contributed by atoms with E-state index in [0.717, 1.165) is 29.3 Å². The van der Waals surface area contributed by atoms with Crippen LogP contribution in [0.4, 0.5) is 11.8 Å². The summed E-state index contributed by atoms with van der Waals surface area (Å²) >= 11 is 3.50. The van der Waals surface area contributed by atoms with Crippen LogP contribution < -0.4 is 10.6 Å². The van der Waals surface area contributed by atoms with Gasteiger partial charge in [-0.1, -0.05) is 20.8 Å². The Labute approximate surface area is 117 Å². The van der Waals surface area contributed by atoms with Crippen molar-refractivity contribution < 1.29 is 0 Å². The third-order valence-electron chi connectivity index (χ3n) is 3.76. The van der Waals surface area contributed by atoms with Crippen LogP contribution in [0.25, 0.3) is 0 Å². The summed E-state index contributed by atoms with van der Waals surface area (Å²) in [5.41, 5.74) is 6.06. The number of hydrogen-bond acceptors (Lipinski definition) is 4. The van der Waals surface area contributed by atoms with Gasteiger partial charge in [0.2, 0.25) is 5.95 Å². The molecule has 0 radical (unpaired) electrons. The lowest BCUT2D eigenvalue weighted by molar-refractivity contribution is 0.198. The third kappa shape index (κ3) is 2.94. The molecule has 4 nitrogen and oxygen atoms in total. The molecule has 2 N–H and O–H groups in total. The molecule has 0 aromatic carbocycles. The Morgan fingerprint density at radius 2 is 1.94 bits per heavy atom. The van der Waals surface area contributed by atoms with E-state index in [1.54, 1.807) is 6.20 Å². The molecule has 1 aromatic heterocycles. The Bertz CT molecular complexity index is 419. The van der Waals surface area contributed by atoms with E-state index in [1.165, 1.54) is 12.8 Å². The van der Waals surface area contributed by atoms with Gasteiger partial charge in [-0.25, -0.2) is 4.98 Å². The Hall–Kier alpha value is -0.840. The molecule has 0 saturated carbocycles. The van der Waals surface area contributed by atoms with E-state index in [-0.39, 0.29) is 0 Å². The summed E-state index contributed by atoms with van der Waals surface area (Å²) in [4.78, 5) is 10.6. The molecular weight excluding hydrogens is 292 g/mol. The minimum Gasteiger partial charge on any atom is -0.368 e. The average molecular weight is 313 g/mol. The highest BCUT2D eigenvalue weighted by Gasteiger charge is 2.29. The molecule has 1 fully saturated rings. The van der Waals surface area contributed by atoms with Crippen molar-refractivity contribution in [1.29, 1.82) is 0 Å². The Morgan fingerprint density at radius 3 is 2.50 bits per heavy atom. The summed E-state index contributed by atoms with van der Waals surface area (Å²) in [6.07, 6.45) is 4.15. The van der Waals surface area contributed by atoms with E-state index >= 15 is 0 Å². The van der Waals surface area contributed by atoms with Crippen molar-refractivity contribution in [2.24, 2.45) is 11.3 Å². The number of aromatic nitrogens is 2. The highest BCUT2D eigenvalue weighted by atomic mass is 79.9. The Morgan fingerprint density at radius 1 is 1.33 bits per heavy atom. The van der Waals surface area contributed by atoms with Gasteiger partial charge in [0.15, 0.2) is 0 Å². The van der Waals surface area contributed by atoms with Gasteiger partial charge in [-0.15, -0.1) is 0 Å². The maximum atomic E-state index is 5.66. The number of anilines is 2. The lowest BCUT2D eigenvalue weighted by atomic mass is 9.75. The van der Waals surface area contributed by atoms with Gasteiger partial charge < -0.3 is 10.6 Å². The second kappa shape index (κ2) is 5.03. The Kier molecular flexibility index (Phi) is 3.80. The first-order valence-corrected chi connectivity index (χ1v) is 7.20. The minimum atomic E-state index is 0.339. The van der Waals surface area contributed by atoms with Crippen molar-refractivity contribution >= 4 is 27.7 Å². The average Bonchev–Trinajstić information content (AvgIpc) is 2.31. The van der Waals surface area contributed by atoms with Gasteiger partial charge in [-0.2, -0.15) is 4.98 Å². The predicted molar refractivity (Wildman–Crippen MR) is 78.5 cm³/mol. The highest BCUT2D eigenvalue weighted by molar-refractivity contribution is 9.10. The molecule has 1 aromatic rings. The topological polar surface area (TPSA) is 55.0 Å². The van der Waals surface area contributed by atoms with Crippen molar-refractivity contribution in [3.05, 3.63) is 10.7 Å². The molecule has 0 atom stereocenters. The maximum Gasteiger partial charge on any atom is 0.222 e. The van der Waals surface area contributed by atoms with E-state index in [0.29, 0.717) is 11.4 Å². The van der Waals surface area contributed by atoms with Gasteiger partial charge in [0.05, 0.1) is 4.47 Å². The molecule has 5 heteroatoms. The van der Waals surface area contributed by atoms with E-state index in [9.17, 15) is 0 Å². The van der Waals surface area contributed by atoms with Gasteiger partial charge in [0.25, 0.3) is 0 Å². The number of piperidine rings is 1. The van der Waals surface area contributed by atoms with E-state index < -0.39 is 0 Å². The summed E-state index contributed by atoms with van der Waals surface area (Å²) in [6, 6.07) is 0. The number of halogens is 1. The molecule has 0 aliphatic carbocycles. The largest absolute Gasteiger partial charge is 0.368 e. The molecular formula is C13H21BrN4. The van der Waals surface area contributed by atoms with Crippen LogP contribution in [0.5, 0.6) is 0 Å². The van der Waals surface area contributed by atoms with Crippen molar-refractivity contribution in [3.8, 4) is 0 Å². The van der Waals surface area contributed by atoms with Crippen LogP contribution in [0.2, 0.25) is 0 Å². The molecule has 0 amide bonds. The zero-order valence-corrected chi connectivity index (χ0v) is 12.9. The van der Waals surface area contributed by atoms with Gasteiger partial charge in [0, 0.05) is 19.3 Å². The van der Waals surface area contributed by atoms with E-state index in [2.05, 4.69) is 51.6 Å². The molecule has 0 bridgehead atoms. The fourth-order valence-corrected chi connectivity index (χ4v) is 2.99. The SMILES string of the molecule is CC(C)(C)C1CCN(c2nc(N)ncc2Br)CC1. The van der Waals surface area contributed by atoms with Crippen molar-refractivity contribution in [3.63, 3.8) is 0 Å². The van der Waals surface area contributed by atoms with E-state index in [4.69, 9.17) is 5.73 Å². The molecule has 1 saturated heterocycles. The van der Waals surface area contributed by atoms with Crippen LogP contribution in [-0.4, -0.2) is 23.1 Å². The molecule has 0 spiro atoms. The number of rotatable bonds is 1. The van der Waals surface area contributed by atoms with Gasteiger partial charge >= 0.3 is 0 Å². The van der Waals surface area contributed by atoms with Crippen LogP contribution in [0.1, 0.15) is 33.6 Å². The Balaban J connectivity index is 2.08. The van der Waals surface area contributed by atoms with Crippen LogP contribution in [-0.2, 0) is 0 Å². The lowest BCUT2D eigenvalue weighted by Gasteiger charge is -2.39. The highest BCUT2D eigenvalue weighted by Crippen LogP contribution is 2.36. The number of nitrogen functional groups attached to an aromatic ring is 1. The smallest absolute Gasteiger partial charge is 0.222 e. The third-order valence-corrected chi connectivity index (χ3v) is 4.32. The number of nitrogens with two attached hydrogens (primary N) is 1. The van der Waals surface area contributed by atoms with E-state index in [1.807, 2.05) is 0 Å². The van der Waals surface area contributed by atoms with Gasteiger partial charge in [0.1, 0.15) is 5.82 Å². The number of hydrogen-bond donors (Lipinski definition) is 1. The number of nitrogens with zero attached hydrogens (tertiary/aromatic N) is 3. The molecule has 2 heterocycles. The fraction of sp³-hybridized carbons (Fsp3) is 0.692. The summed E-state index contributed by atoms with van der Waals surface area (Å²) < 4.78 is 0.922. The van der Waals surface area contributed by atoms with Crippen molar-refractivity contribution in [1.82, 2.24) is 9.97 Å². The van der Waals surface area contributed by atoms with Crippen molar-refractivity contribution in [2.45, 2.75) is 33.6 Å². The second-order valence-corrected chi connectivity index (χ2v) is 6.88. The zero-order chi connectivity index (χ0) is 13.3. The summed E-state index contributed by atoms with van der Waals surface area (Å²) in [5, 5.41) is 0. The van der Waals surface area contributed by atoms with Crippen LogP contribution >= 0.6 is 15.9 Å². The van der Waals surface area contributed by atoms with Crippen LogP contribution in [0, 0.1) is 11.3 Å². The predicted octanol–water partition coefficient (Wildman–Crippen LogP) is 3.08. The van der Waals surface area contributed by atoms with Crippen LogP contribution in [0.3, 0.4) is 0 Å². The fourth-order valence-electron chi connectivity index (χ4n) is 2.55. The molecule has 18 heavy (non-hydrogen) atoms. The van der Waals surface area contributed by atoms with Crippen molar-refractivity contribution in [2.75, 3.05) is 23.7 Å². The lowest BCUT2D eigenvalue weighted by Crippen LogP contribution is -2.38. The van der Waals surface area contributed by atoms with Gasteiger partial charge in [-0.05, 0) is 40.1 Å². The normalized spacial score (nSPS) is 18.1. The zero-order valence-electron chi connectivity index (χ0n) is 11.3. The summed E-state index contributed by atoms with van der Waals surface area (Å²) in [6.45, 7) is 9.05. The molecule has 1 aliphatic heterocycles. The van der Waals surface area contributed by atoms with Gasteiger partial charge in [-0.3, -0.25) is 0 Å². The first-order chi connectivity index (χ1) is 8.38. The minimum absolute atomic E-state index is 0.339. The quantitative estimate of drug-likeness (QED) is 0.865. The molecule has 0 unspecified atom stereocenters. The summed E-state index contributed by atoms with van der Waals surface area (Å²) in [7, 11) is 0.